The van der Waals surface area contributed by atoms with Crippen molar-refractivity contribution in [1.29, 1.82) is 0 Å². The summed E-state index contributed by atoms with van der Waals surface area (Å²) in [5, 5.41) is 8.21. The van der Waals surface area contributed by atoms with Gasteiger partial charge in [-0.2, -0.15) is 5.10 Å². The summed E-state index contributed by atoms with van der Waals surface area (Å²) >= 11 is 0. The molecule has 20 heavy (non-hydrogen) atoms. The van der Waals surface area contributed by atoms with E-state index in [0.717, 1.165) is 37.6 Å². The van der Waals surface area contributed by atoms with Gasteiger partial charge in [0.25, 0.3) is 0 Å². The third kappa shape index (κ3) is 2.88. The summed E-state index contributed by atoms with van der Waals surface area (Å²) < 4.78 is 2.07. The van der Waals surface area contributed by atoms with Gasteiger partial charge >= 0.3 is 0 Å². The van der Waals surface area contributed by atoms with Gasteiger partial charge in [-0.1, -0.05) is 13.8 Å². The topological polar surface area (TPSA) is 55.6 Å². The molecule has 0 saturated carbocycles. The highest BCUT2D eigenvalue weighted by atomic mass is 15.4. The number of hydrogen-bond donors (Lipinski definition) is 1. The van der Waals surface area contributed by atoms with E-state index in [4.69, 9.17) is 0 Å². The minimum atomic E-state index is 0.399. The van der Waals surface area contributed by atoms with Crippen LogP contribution in [0.25, 0.3) is 0 Å². The smallest absolute Gasteiger partial charge is 0.153 e. The first-order valence-electron chi connectivity index (χ1n) is 7.28. The highest BCUT2D eigenvalue weighted by Gasteiger charge is 2.21. The van der Waals surface area contributed by atoms with Crippen LogP contribution in [-0.4, -0.2) is 25.8 Å². The molecular weight excluding hydrogens is 250 g/mol. The number of rotatable bonds is 4. The predicted molar refractivity (Wildman–Crippen MR) is 77.3 cm³/mol. The summed E-state index contributed by atoms with van der Waals surface area (Å²) in [4.78, 5) is 8.66. The van der Waals surface area contributed by atoms with Crippen molar-refractivity contribution in [3.05, 3.63) is 41.7 Å². The standard InChI is InChI=1S/C15H21N5/c1-11(2)15-18-14-4-3-13(10-20(14)19-15)17-9-12-5-7-16-8-6-12/h5-8,11,13,17H,3-4,9-10H2,1-2H3/t13-/m0/s1. The van der Waals surface area contributed by atoms with Crippen molar-refractivity contribution in [2.45, 2.75) is 51.7 Å². The Bertz CT molecular complexity index is 561. The molecule has 1 N–H and O–H groups in total. The molecule has 1 atom stereocenters. The Balaban J connectivity index is 1.61. The van der Waals surface area contributed by atoms with E-state index in [1.54, 1.807) is 0 Å². The minimum absolute atomic E-state index is 0.399. The minimum Gasteiger partial charge on any atom is -0.308 e. The molecule has 3 rings (SSSR count). The monoisotopic (exact) mass is 271 g/mol. The second kappa shape index (κ2) is 5.71. The molecule has 0 bridgehead atoms. The van der Waals surface area contributed by atoms with Crippen molar-refractivity contribution in [3.8, 4) is 0 Å². The van der Waals surface area contributed by atoms with Gasteiger partial charge in [0.1, 0.15) is 5.82 Å². The fourth-order valence-corrected chi connectivity index (χ4v) is 2.50. The molecule has 0 aromatic carbocycles. The van der Waals surface area contributed by atoms with Gasteiger partial charge in [-0.25, -0.2) is 9.67 Å². The largest absolute Gasteiger partial charge is 0.308 e. The van der Waals surface area contributed by atoms with Gasteiger partial charge in [-0.05, 0) is 24.1 Å². The molecule has 5 heteroatoms. The summed E-state index contributed by atoms with van der Waals surface area (Å²) in [6.45, 7) is 6.08. The summed E-state index contributed by atoms with van der Waals surface area (Å²) in [5.41, 5.74) is 1.27. The molecule has 0 saturated heterocycles. The third-order valence-corrected chi connectivity index (χ3v) is 3.74. The summed E-state index contributed by atoms with van der Waals surface area (Å²) in [5.74, 6) is 2.50. The van der Waals surface area contributed by atoms with Crippen molar-refractivity contribution in [1.82, 2.24) is 25.1 Å². The second-order valence-corrected chi connectivity index (χ2v) is 5.70. The molecule has 0 fully saturated rings. The first-order chi connectivity index (χ1) is 9.72. The number of pyridine rings is 1. The zero-order valence-corrected chi connectivity index (χ0v) is 12.1. The van der Waals surface area contributed by atoms with Gasteiger partial charge in [0, 0.05) is 37.3 Å². The molecule has 106 valence electrons. The Labute approximate surface area is 119 Å². The van der Waals surface area contributed by atoms with E-state index in [-0.39, 0.29) is 0 Å². The average Bonchev–Trinajstić information content (AvgIpc) is 2.89. The first kappa shape index (κ1) is 13.2. The van der Waals surface area contributed by atoms with Crippen LogP contribution in [0, 0.1) is 0 Å². The maximum absolute atomic E-state index is 4.62. The van der Waals surface area contributed by atoms with Gasteiger partial charge in [-0.15, -0.1) is 0 Å². The quantitative estimate of drug-likeness (QED) is 0.923. The van der Waals surface area contributed by atoms with E-state index in [1.165, 1.54) is 5.56 Å². The predicted octanol–water partition coefficient (Wildman–Crippen LogP) is 1.90. The number of aromatic nitrogens is 4. The Kier molecular flexibility index (Phi) is 3.78. The summed E-state index contributed by atoms with van der Waals surface area (Å²) in [6.07, 6.45) is 5.81. The third-order valence-electron chi connectivity index (χ3n) is 3.74. The van der Waals surface area contributed by atoms with E-state index < -0.39 is 0 Å². The van der Waals surface area contributed by atoms with Crippen molar-refractivity contribution < 1.29 is 0 Å². The van der Waals surface area contributed by atoms with Crippen LogP contribution in [0.3, 0.4) is 0 Å². The molecule has 3 heterocycles. The molecule has 1 aliphatic heterocycles. The van der Waals surface area contributed by atoms with Gasteiger partial charge < -0.3 is 5.32 Å². The molecule has 5 nitrogen and oxygen atoms in total. The lowest BCUT2D eigenvalue weighted by Gasteiger charge is -2.23. The lowest BCUT2D eigenvalue weighted by molar-refractivity contribution is 0.357. The fourth-order valence-electron chi connectivity index (χ4n) is 2.50. The lowest BCUT2D eigenvalue weighted by atomic mass is 10.1. The Hall–Kier alpha value is -1.75. The number of nitrogens with zero attached hydrogens (tertiary/aromatic N) is 4. The van der Waals surface area contributed by atoms with Gasteiger partial charge in [-0.3, -0.25) is 4.98 Å². The number of hydrogen-bond acceptors (Lipinski definition) is 4. The molecule has 2 aromatic heterocycles. The van der Waals surface area contributed by atoms with Crippen molar-refractivity contribution >= 4 is 0 Å². The maximum atomic E-state index is 4.62. The van der Waals surface area contributed by atoms with E-state index in [1.807, 2.05) is 24.5 Å². The van der Waals surface area contributed by atoms with Gasteiger partial charge in [0.05, 0.1) is 6.54 Å². The molecule has 0 amide bonds. The summed E-state index contributed by atoms with van der Waals surface area (Å²) in [7, 11) is 0. The SMILES string of the molecule is CC(C)c1nc2n(n1)C[C@@H](NCc1ccncc1)CC2. The Morgan fingerprint density at radius 1 is 1.35 bits per heavy atom. The van der Waals surface area contributed by atoms with Crippen LogP contribution in [0.5, 0.6) is 0 Å². The number of fused-ring (bicyclic) bond motifs is 1. The van der Waals surface area contributed by atoms with Crippen LogP contribution in [0.4, 0.5) is 0 Å². The fraction of sp³-hybridized carbons (Fsp3) is 0.533. The van der Waals surface area contributed by atoms with E-state index >= 15 is 0 Å². The highest BCUT2D eigenvalue weighted by molar-refractivity contribution is 5.09. The van der Waals surface area contributed by atoms with Crippen LogP contribution in [0.15, 0.2) is 24.5 Å². The van der Waals surface area contributed by atoms with Crippen LogP contribution in [0.1, 0.15) is 43.4 Å². The van der Waals surface area contributed by atoms with Crippen LogP contribution in [0.2, 0.25) is 0 Å². The first-order valence-corrected chi connectivity index (χ1v) is 7.28. The number of aryl methyl sites for hydroxylation is 1. The molecule has 0 unspecified atom stereocenters. The highest BCUT2D eigenvalue weighted by Crippen LogP contribution is 2.17. The normalized spacial score (nSPS) is 18.2. The second-order valence-electron chi connectivity index (χ2n) is 5.70. The van der Waals surface area contributed by atoms with Gasteiger partial charge in [0.2, 0.25) is 0 Å². The molecule has 1 aliphatic rings. The molecular formula is C15H21N5. The molecule has 2 aromatic rings. The van der Waals surface area contributed by atoms with E-state index in [9.17, 15) is 0 Å². The van der Waals surface area contributed by atoms with Crippen molar-refractivity contribution in [2.24, 2.45) is 0 Å². The zero-order valence-electron chi connectivity index (χ0n) is 12.1. The maximum Gasteiger partial charge on any atom is 0.153 e. The number of nitrogens with one attached hydrogen (secondary N) is 1. The molecule has 0 spiro atoms. The zero-order chi connectivity index (χ0) is 13.9. The average molecular weight is 271 g/mol. The lowest BCUT2D eigenvalue weighted by Crippen LogP contribution is -2.37. The van der Waals surface area contributed by atoms with Crippen molar-refractivity contribution in [3.63, 3.8) is 0 Å². The molecule has 0 radical (unpaired) electrons. The van der Waals surface area contributed by atoms with E-state index in [0.29, 0.717) is 12.0 Å². The van der Waals surface area contributed by atoms with Crippen molar-refractivity contribution in [2.75, 3.05) is 0 Å². The summed E-state index contributed by atoms with van der Waals surface area (Å²) in [6, 6.07) is 4.57. The molecule has 0 aliphatic carbocycles. The Morgan fingerprint density at radius 3 is 2.90 bits per heavy atom. The Morgan fingerprint density at radius 2 is 2.15 bits per heavy atom. The van der Waals surface area contributed by atoms with E-state index in [2.05, 4.69) is 38.9 Å². The van der Waals surface area contributed by atoms with Crippen LogP contribution < -0.4 is 5.32 Å². The van der Waals surface area contributed by atoms with Crippen LogP contribution in [-0.2, 0) is 19.5 Å². The van der Waals surface area contributed by atoms with Gasteiger partial charge in [0.15, 0.2) is 5.82 Å². The van der Waals surface area contributed by atoms with Crippen LogP contribution >= 0.6 is 0 Å².